The first-order chi connectivity index (χ1) is 7.72. The summed E-state index contributed by atoms with van der Waals surface area (Å²) in [6.45, 7) is 0.502. The number of hydrogen-bond acceptors (Lipinski definition) is 4. The molecule has 0 saturated carbocycles. The fourth-order valence-corrected chi connectivity index (χ4v) is 1.72. The molecule has 4 heteroatoms. The molecule has 3 nitrogen and oxygen atoms in total. The Morgan fingerprint density at radius 1 is 1.50 bits per heavy atom. The summed E-state index contributed by atoms with van der Waals surface area (Å²) < 4.78 is 5.09. The molecule has 0 bridgehead atoms. The molecule has 0 unspecified atom stereocenters. The van der Waals surface area contributed by atoms with Crippen molar-refractivity contribution >= 4 is 23.4 Å². The summed E-state index contributed by atoms with van der Waals surface area (Å²) in [6, 6.07) is 7.31. The van der Waals surface area contributed by atoms with Crippen LogP contribution in [0, 0.1) is 0 Å². The topological polar surface area (TPSA) is 52.3 Å². The van der Waals surface area contributed by atoms with E-state index in [1.165, 1.54) is 0 Å². The number of ether oxygens (including phenoxy) is 1. The van der Waals surface area contributed by atoms with Crippen LogP contribution in [0.3, 0.4) is 0 Å². The predicted octanol–water partition coefficient (Wildman–Crippen LogP) is 2.11. The predicted molar refractivity (Wildman–Crippen MR) is 68.5 cm³/mol. The molecule has 1 aromatic carbocycles. The van der Waals surface area contributed by atoms with Crippen molar-refractivity contribution < 1.29 is 9.53 Å². The third-order valence-corrected chi connectivity index (χ3v) is 2.75. The molecule has 0 atom stereocenters. The number of anilines is 1. The Kier molecular flexibility index (Phi) is 5.78. The van der Waals surface area contributed by atoms with E-state index in [9.17, 15) is 4.79 Å². The summed E-state index contributed by atoms with van der Waals surface area (Å²) in [4.78, 5) is 11.4. The molecule has 0 aliphatic rings. The van der Waals surface area contributed by atoms with Crippen LogP contribution in [-0.4, -0.2) is 24.6 Å². The number of hydrogen-bond donors (Lipinski definition) is 1. The molecule has 0 heterocycles. The summed E-state index contributed by atoms with van der Waals surface area (Å²) in [5.41, 5.74) is 7.19. The van der Waals surface area contributed by atoms with Crippen molar-refractivity contribution in [3.05, 3.63) is 29.8 Å². The van der Waals surface area contributed by atoms with Crippen LogP contribution in [0.1, 0.15) is 12.0 Å². The number of nitrogen functional groups attached to an aromatic ring is 1. The minimum absolute atomic E-state index is 0.188. The third-order valence-electron chi connectivity index (χ3n) is 2.06. The largest absolute Gasteiger partial charge is 0.465 e. The molecule has 0 saturated heterocycles. The minimum atomic E-state index is -0.188. The van der Waals surface area contributed by atoms with Crippen LogP contribution in [0.5, 0.6) is 0 Å². The van der Waals surface area contributed by atoms with Gasteiger partial charge in [0.25, 0.3) is 0 Å². The van der Waals surface area contributed by atoms with E-state index in [0.29, 0.717) is 18.7 Å². The van der Waals surface area contributed by atoms with E-state index in [-0.39, 0.29) is 5.97 Å². The molecule has 0 radical (unpaired) electrons. The monoisotopic (exact) mass is 239 g/mol. The highest BCUT2D eigenvalue weighted by atomic mass is 32.2. The van der Waals surface area contributed by atoms with E-state index in [1.54, 1.807) is 23.9 Å². The van der Waals surface area contributed by atoms with Gasteiger partial charge in [-0.1, -0.05) is 12.1 Å². The van der Waals surface area contributed by atoms with Gasteiger partial charge in [-0.25, -0.2) is 0 Å². The average Bonchev–Trinajstić information content (AvgIpc) is 2.24. The Bertz CT molecular complexity index is 342. The van der Waals surface area contributed by atoms with Gasteiger partial charge in [-0.05, 0) is 36.1 Å². The highest BCUT2D eigenvalue weighted by molar-refractivity contribution is 7.98. The van der Waals surface area contributed by atoms with Crippen LogP contribution in [0.4, 0.5) is 5.69 Å². The number of nitrogens with two attached hydrogens (primary N) is 1. The van der Waals surface area contributed by atoms with Crippen LogP contribution in [0.15, 0.2) is 24.3 Å². The van der Waals surface area contributed by atoms with Crippen molar-refractivity contribution in [2.24, 2.45) is 0 Å². The highest BCUT2D eigenvalue weighted by Crippen LogP contribution is 2.08. The highest BCUT2D eigenvalue weighted by Gasteiger charge is 2.04. The van der Waals surface area contributed by atoms with Gasteiger partial charge >= 0.3 is 5.97 Å². The van der Waals surface area contributed by atoms with E-state index in [2.05, 4.69) is 0 Å². The maximum Gasteiger partial charge on any atom is 0.310 e. The van der Waals surface area contributed by atoms with E-state index < -0.39 is 0 Å². The molecule has 1 rings (SSSR count). The summed E-state index contributed by atoms with van der Waals surface area (Å²) in [7, 11) is 0. The molecule has 16 heavy (non-hydrogen) atoms. The number of carbonyl (C=O) groups excluding carboxylic acids is 1. The van der Waals surface area contributed by atoms with Gasteiger partial charge < -0.3 is 10.5 Å². The van der Waals surface area contributed by atoms with Crippen molar-refractivity contribution in [1.82, 2.24) is 0 Å². The second kappa shape index (κ2) is 7.17. The molecule has 0 aliphatic carbocycles. The van der Waals surface area contributed by atoms with E-state index in [4.69, 9.17) is 10.5 Å². The molecule has 0 spiro atoms. The average molecular weight is 239 g/mol. The van der Waals surface area contributed by atoms with Crippen LogP contribution in [-0.2, 0) is 16.0 Å². The zero-order chi connectivity index (χ0) is 11.8. The van der Waals surface area contributed by atoms with Gasteiger partial charge in [-0.15, -0.1) is 0 Å². The fraction of sp³-hybridized carbons (Fsp3) is 0.417. The summed E-state index contributed by atoms with van der Waals surface area (Å²) in [5.74, 6) is 0.831. The summed E-state index contributed by atoms with van der Waals surface area (Å²) in [6.07, 6.45) is 3.24. The molecule has 0 aliphatic heterocycles. The quantitative estimate of drug-likeness (QED) is 0.469. The van der Waals surface area contributed by atoms with Crippen LogP contribution < -0.4 is 5.73 Å². The SMILES string of the molecule is CSCCCOC(=O)Cc1cccc(N)c1. The van der Waals surface area contributed by atoms with Gasteiger partial charge in [0.1, 0.15) is 0 Å². The first-order valence-electron chi connectivity index (χ1n) is 5.21. The Hall–Kier alpha value is -1.16. The number of esters is 1. The Morgan fingerprint density at radius 2 is 2.31 bits per heavy atom. The van der Waals surface area contributed by atoms with Gasteiger partial charge in [0.2, 0.25) is 0 Å². The molecular formula is C12H17NO2S. The van der Waals surface area contributed by atoms with Crippen molar-refractivity contribution in [3.8, 4) is 0 Å². The molecule has 0 fully saturated rings. The lowest BCUT2D eigenvalue weighted by atomic mass is 10.1. The van der Waals surface area contributed by atoms with Crippen LogP contribution in [0.25, 0.3) is 0 Å². The second-order valence-electron chi connectivity index (χ2n) is 3.49. The van der Waals surface area contributed by atoms with Gasteiger partial charge in [0.15, 0.2) is 0 Å². The van der Waals surface area contributed by atoms with Crippen molar-refractivity contribution in [2.45, 2.75) is 12.8 Å². The number of benzene rings is 1. The lowest BCUT2D eigenvalue weighted by molar-refractivity contribution is -0.142. The lowest BCUT2D eigenvalue weighted by Gasteiger charge is -2.04. The minimum Gasteiger partial charge on any atom is -0.465 e. The molecule has 88 valence electrons. The smallest absolute Gasteiger partial charge is 0.310 e. The Balaban J connectivity index is 2.29. The normalized spacial score (nSPS) is 10.1. The zero-order valence-corrected chi connectivity index (χ0v) is 10.3. The maximum absolute atomic E-state index is 11.4. The molecule has 0 aromatic heterocycles. The van der Waals surface area contributed by atoms with E-state index in [1.807, 2.05) is 18.4 Å². The molecule has 2 N–H and O–H groups in total. The summed E-state index contributed by atoms with van der Waals surface area (Å²) in [5, 5.41) is 0. The van der Waals surface area contributed by atoms with E-state index in [0.717, 1.165) is 17.7 Å². The first kappa shape index (κ1) is 12.9. The second-order valence-corrected chi connectivity index (χ2v) is 4.47. The van der Waals surface area contributed by atoms with Crippen molar-refractivity contribution in [2.75, 3.05) is 24.3 Å². The Morgan fingerprint density at radius 3 is 3.00 bits per heavy atom. The molecule has 1 aromatic rings. The standard InChI is InChI=1S/C12H17NO2S/c1-16-7-3-6-15-12(14)9-10-4-2-5-11(13)8-10/h2,4-5,8H,3,6-7,9,13H2,1H3. The number of carbonyl (C=O) groups is 1. The molecular weight excluding hydrogens is 222 g/mol. The van der Waals surface area contributed by atoms with Crippen LogP contribution in [0.2, 0.25) is 0 Å². The van der Waals surface area contributed by atoms with Crippen LogP contribution >= 0.6 is 11.8 Å². The van der Waals surface area contributed by atoms with Gasteiger partial charge in [0.05, 0.1) is 13.0 Å². The van der Waals surface area contributed by atoms with Crippen molar-refractivity contribution in [3.63, 3.8) is 0 Å². The van der Waals surface area contributed by atoms with Crippen molar-refractivity contribution in [1.29, 1.82) is 0 Å². The number of rotatable bonds is 6. The maximum atomic E-state index is 11.4. The van der Waals surface area contributed by atoms with Gasteiger partial charge in [-0.2, -0.15) is 11.8 Å². The van der Waals surface area contributed by atoms with Gasteiger partial charge in [0, 0.05) is 5.69 Å². The third kappa shape index (κ3) is 5.07. The fourth-order valence-electron chi connectivity index (χ4n) is 1.31. The van der Waals surface area contributed by atoms with E-state index >= 15 is 0 Å². The van der Waals surface area contributed by atoms with Gasteiger partial charge in [-0.3, -0.25) is 4.79 Å². The molecule has 0 amide bonds. The lowest BCUT2D eigenvalue weighted by Crippen LogP contribution is -2.09. The number of thioether (sulfide) groups is 1. The summed E-state index contributed by atoms with van der Waals surface area (Å²) >= 11 is 1.75. The zero-order valence-electron chi connectivity index (χ0n) is 9.44. The first-order valence-corrected chi connectivity index (χ1v) is 6.60. The Labute approximate surface area is 100 Å².